The summed E-state index contributed by atoms with van der Waals surface area (Å²) < 4.78 is 8.62. The van der Waals surface area contributed by atoms with Crippen LogP contribution in [0.5, 0.6) is 5.75 Å². The van der Waals surface area contributed by atoms with Gasteiger partial charge in [0.05, 0.1) is 28.1 Å². The molecule has 3 heterocycles. The first-order valence-electron chi connectivity index (χ1n) is 10.3. The average molecular weight is 467 g/mol. The van der Waals surface area contributed by atoms with Gasteiger partial charge in [0.25, 0.3) is 17.4 Å². The topological polar surface area (TPSA) is 104 Å². The molecule has 4 rings (SSSR count). The number of carbonyl (C=O) groups is 1. The number of aromatic nitrogens is 5. The summed E-state index contributed by atoms with van der Waals surface area (Å²) in [6, 6.07) is 9.34. The lowest BCUT2D eigenvalue weighted by atomic mass is 10.1. The van der Waals surface area contributed by atoms with Crippen LogP contribution in [0.1, 0.15) is 22.6 Å². The van der Waals surface area contributed by atoms with Crippen molar-refractivity contribution in [2.45, 2.75) is 20.3 Å². The molecule has 0 saturated carbocycles. The van der Waals surface area contributed by atoms with Crippen molar-refractivity contribution in [1.82, 2.24) is 29.6 Å². The molecule has 0 unspecified atom stereocenters. The molecular formula is C23H23ClN6O3. The van der Waals surface area contributed by atoms with Gasteiger partial charge in [0.2, 0.25) is 0 Å². The quantitative estimate of drug-likeness (QED) is 0.468. The molecule has 0 aliphatic heterocycles. The van der Waals surface area contributed by atoms with Gasteiger partial charge in [0.15, 0.2) is 12.4 Å². The molecule has 9 nitrogen and oxygen atoms in total. The smallest absolute Gasteiger partial charge is 0.293 e. The van der Waals surface area contributed by atoms with Gasteiger partial charge in [0.1, 0.15) is 0 Å². The van der Waals surface area contributed by atoms with E-state index in [1.165, 1.54) is 11.6 Å². The summed E-state index contributed by atoms with van der Waals surface area (Å²) in [5.74, 6) is 0.244. The Morgan fingerprint density at radius 1 is 1.21 bits per heavy atom. The summed E-state index contributed by atoms with van der Waals surface area (Å²) >= 11 is 6.39. The molecule has 0 spiro atoms. The SMILES string of the molecule is CNC(=O)COc1cc2cc(Cc3nc(-n4nc(C)cc4C)ncc3Cl)ccc2n(C)c1=O. The van der Waals surface area contributed by atoms with Gasteiger partial charge in [-0.1, -0.05) is 17.7 Å². The Bertz CT molecular complexity index is 1430. The van der Waals surface area contributed by atoms with Gasteiger partial charge in [0, 0.05) is 31.6 Å². The highest BCUT2D eigenvalue weighted by atomic mass is 35.5. The summed E-state index contributed by atoms with van der Waals surface area (Å²) in [6.07, 6.45) is 2.03. The van der Waals surface area contributed by atoms with Crippen LogP contribution < -0.4 is 15.6 Å². The summed E-state index contributed by atoms with van der Waals surface area (Å²) in [6.45, 7) is 3.62. The third-order valence-electron chi connectivity index (χ3n) is 5.27. The number of halogens is 1. The monoisotopic (exact) mass is 466 g/mol. The molecule has 1 N–H and O–H groups in total. The molecule has 10 heteroatoms. The van der Waals surface area contributed by atoms with E-state index in [-0.39, 0.29) is 23.8 Å². The molecule has 0 atom stereocenters. The predicted molar refractivity (Wildman–Crippen MR) is 125 cm³/mol. The molecule has 1 amide bonds. The molecular weight excluding hydrogens is 444 g/mol. The van der Waals surface area contributed by atoms with Crippen molar-refractivity contribution in [3.05, 3.63) is 74.6 Å². The minimum atomic E-state index is -0.317. The van der Waals surface area contributed by atoms with Crippen molar-refractivity contribution in [3.63, 3.8) is 0 Å². The normalized spacial score (nSPS) is 11.1. The van der Waals surface area contributed by atoms with Crippen LogP contribution in [-0.2, 0) is 18.3 Å². The van der Waals surface area contributed by atoms with Gasteiger partial charge in [-0.3, -0.25) is 9.59 Å². The predicted octanol–water partition coefficient (Wildman–Crippen LogP) is 2.50. The van der Waals surface area contributed by atoms with Crippen LogP contribution in [-0.4, -0.2) is 43.9 Å². The molecule has 0 radical (unpaired) electrons. The van der Waals surface area contributed by atoms with Crippen LogP contribution in [0.3, 0.4) is 0 Å². The minimum absolute atomic E-state index is 0.109. The van der Waals surface area contributed by atoms with Crippen LogP contribution in [0, 0.1) is 13.8 Å². The van der Waals surface area contributed by atoms with E-state index in [9.17, 15) is 9.59 Å². The maximum absolute atomic E-state index is 12.6. The lowest BCUT2D eigenvalue weighted by molar-refractivity contribution is -0.122. The van der Waals surface area contributed by atoms with Gasteiger partial charge >= 0.3 is 0 Å². The molecule has 0 fully saturated rings. The second kappa shape index (κ2) is 9.03. The molecule has 0 aliphatic carbocycles. The highest BCUT2D eigenvalue weighted by Gasteiger charge is 2.13. The number of nitrogens with one attached hydrogen (secondary N) is 1. The maximum Gasteiger partial charge on any atom is 0.293 e. The Morgan fingerprint density at radius 3 is 2.70 bits per heavy atom. The number of hydrogen-bond acceptors (Lipinski definition) is 6. The fraction of sp³-hybridized carbons (Fsp3) is 0.261. The van der Waals surface area contributed by atoms with E-state index >= 15 is 0 Å². The number of rotatable bonds is 6. The summed E-state index contributed by atoms with van der Waals surface area (Å²) in [7, 11) is 3.17. The third-order valence-corrected chi connectivity index (χ3v) is 5.58. The van der Waals surface area contributed by atoms with E-state index in [2.05, 4.69) is 20.4 Å². The van der Waals surface area contributed by atoms with Crippen molar-refractivity contribution in [2.24, 2.45) is 7.05 Å². The minimum Gasteiger partial charge on any atom is -0.478 e. The van der Waals surface area contributed by atoms with Crippen LogP contribution in [0.25, 0.3) is 16.9 Å². The standard InChI is InChI=1S/C23H23ClN6O3/c1-13-7-14(2)30(28-13)23-26-11-17(24)18(27-23)9-15-5-6-19-16(8-15)10-20(22(32)29(19)4)33-12-21(31)25-3/h5-8,10-11H,9,12H2,1-4H3,(H,25,31). The zero-order chi connectivity index (χ0) is 23.7. The molecule has 33 heavy (non-hydrogen) atoms. The number of pyridine rings is 1. The second-order valence-electron chi connectivity index (χ2n) is 7.71. The lowest BCUT2D eigenvalue weighted by Crippen LogP contribution is -2.27. The van der Waals surface area contributed by atoms with Crippen LogP contribution in [0.2, 0.25) is 5.02 Å². The number of hydrogen-bond donors (Lipinski definition) is 1. The largest absolute Gasteiger partial charge is 0.478 e. The van der Waals surface area contributed by atoms with Crippen LogP contribution in [0.4, 0.5) is 0 Å². The van der Waals surface area contributed by atoms with E-state index < -0.39 is 0 Å². The Kier molecular flexibility index (Phi) is 6.15. The lowest BCUT2D eigenvalue weighted by Gasteiger charge is -2.12. The summed E-state index contributed by atoms with van der Waals surface area (Å²) in [4.78, 5) is 33.0. The van der Waals surface area contributed by atoms with Gasteiger partial charge in [-0.05, 0) is 43.7 Å². The van der Waals surface area contributed by atoms with E-state index in [1.807, 2.05) is 38.1 Å². The highest BCUT2D eigenvalue weighted by Crippen LogP contribution is 2.23. The van der Waals surface area contributed by atoms with E-state index in [1.54, 1.807) is 24.0 Å². The first-order chi connectivity index (χ1) is 15.8. The van der Waals surface area contributed by atoms with Crippen molar-refractivity contribution in [2.75, 3.05) is 13.7 Å². The van der Waals surface area contributed by atoms with Gasteiger partial charge < -0.3 is 14.6 Å². The number of fused-ring (bicyclic) bond motifs is 1. The number of amides is 1. The van der Waals surface area contributed by atoms with E-state index in [0.717, 1.165) is 27.9 Å². The van der Waals surface area contributed by atoms with Crippen LogP contribution >= 0.6 is 11.6 Å². The highest BCUT2D eigenvalue weighted by molar-refractivity contribution is 6.31. The zero-order valence-corrected chi connectivity index (χ0v) is 19.5. The van der Waals surface area contributed by atoms with Gasteiger partial charge in [-0.2, -0.15) is 5.10 Å². The fourth-order valence-electron chi connectivity index (χ4n) is 3.57. The van der Waals surface area contributed by atoms with Crippen molar-refractivity contribution in [3.8, 4) is 11.7 Å². The molecule has 4 aromatic rings. The van der Waals surface area contributed by atoms with Crippen molar-refractivity contribution >= 4 is 28.4 Å². The Morgan fingerprint density at radius 2 is 2.00 bits per heavy atom. The first-order valence-corrected chi connectivity index (χ1v) is 10.7. The number of aryl methyl sites for hydroxylation is 3. The van der Waals surface area contributed by atoms with Crippen molar-refractivity contribution < 1.29 is 9.53 Å². The van der Waals surface area contributed by atoms with Crippen molar-refractivity contribution in [1.29, 1.82) is 0 Å². The molecule has 3 aromatic heterocycles. The number of benzene rings is 1. The Hall–Kier alpha value is -3.72. The first kappa shape index (κ1) is 22.5. The molecule has 0 saturated heterocycles. The fourth-order valence-corrected chi connectivity index (χ4v) is 3.73. The zero-order valence-electron chi connectivity index (χ0n) is 18.7. The van der Waals surface area contributed by atoms with E-state index in [4.69, 9.17) is 16.3 Å². The van der Waals surface area contributed by atoms with Gasteiger partial charge in [-0.25, -0.2) is 14.6 Å². The number of carbonyl (C=O) groups excluding carboxylic acids is 1. The Balaban J connectivity index is 1.68. The van der Waals surface area contributed by atoms with Gasteiger partial charge in [-0.15, -0.1) is 0 Å². The summed E-state index contributed by atoms with van der Waals surface area (Å²) in [5, 5.41) is 8.15. The molecule has 0 bridgehead atoms. The number of ether oxygens (including phenoxy) is 1. The summed E-state index contributed by atoms with van der Waals surface area (Å²) in [5.41, 5.74) is 3.84. The molecule has 170 valence electrons. The number of likely N-dealkylation sites (N-methyl/N-ethyl adjacent to an activating group) is 1. The van der Waals surface area contributed by atoms with E-state index in [0.29, 0.717) is 23.1 Å². The maximum atomic E-state index is 12.6. The number of nitrogens with zero attached hydrogens (tertiary/aromatic N) is 5. The second-order valence-corrected chi connectivity index (χ2v) is 8.12. The average Bonchev–Trinajstić information content (AvgIpc) is 3.14. The Labute approximate surface area is 195 Å². The molecule has 0 aliphatic rings. The molecule has 1 aromatic carbocycles. The van der Waals surface area contributed by atoms with Crippen LogP contribution in [0.15, 0.2) is 41.3 Å². The third kappa shape index (κ3) is 4.58.